The van der Waals surface area contributed by atoms with Crippen LogP contribution in [0.4, 0.5) is 11.5 Å². The second-order valence-electron chi connectivity index (χ2n) is 6.54. The highest BCUT2D eigenvalue weighted by molar-refractivity contribution is 7.94. The summed E-state index contributed by atoms with van der Waals surface area (Å²) in [6.45, 7) is 3.11. The summed E-state index contributed by atoms with van der Waals surface area (Å²) in [5, 5.41) is 2.66. The molecule has 2 amide bonds. The van der Waals surface area contributed by atoms with Gasteiger partial charge in [-0.05, 0) is 44.2 Å². The fourth-order valence-electron chi connectivity index (χ4n) is 2.68. The van der Waals surface area contributed by atoms with Crippen LogP contribution in [0.2, 0.25) is 5.02 Å². The summed E-state index contributed by atoms with van der Waals surface area (Å²) in [7, 11) is -3.87. The summed E-state index contributed by atoms with van der Waals surface area (Å²) in [6, 6.07) is 9.17. The molecule has 1 N–H and O–H groups in total. The van der Waals surface area contributed by atoms with E-state index in [0.29, 0.717) is 10.1 Å². The number of hydrogen-bond acceptors (Lipinski definition) is 5. The fraction of sp³-hybridized carbons (Fsp3) is 0.235. The first-order chi connectivity index (χ1) is 12.1. The number of anilines is 2. The zero-order chi connectivity index (χ0) is 19.1. The van der Waals surface area contributed by atoms with E-state index in [4.69, 9.17) is 11.6 Å². The maximum Gasteiger partial charge on any atom is 0.256 e. The van der Waals surface area contributed by atoms with Gasteiger partial charge in [0.2, 0.25) is 15.9 Å². The third kappa shape index (κ3) is 3.30. The monoisotopic (exact) mass is 393 g/mol. The molecule has 0 atom stereocenters. The number of nitrogens with zero attached hydrogens (tertiary/aromatic N) is 2. The van der Waals surface area contributed by atoms with Crippen molar-refractivity contribution in [2.45, 2.75) is 13.8 Å². The molecule has 1 aromatic carbocycles. The molecule has 9 heteroatoms. The van der Waals surface area contributed by atoms with E-state index in [1.165, 1.54) is 24.4 Å². The number of benzene rings is 1. The molecule has 2 heterocycles. The van der Waals surface area contributed by atoms with E-state index in [1.54, 1.807) is 32.0 Å². The summed E-state index contributed by atoms with van der Waals surface area (Å²) in [5.41, 5.74) is -0.937. The van der Waals surface area contributed by atoms with E-state index in [0.717, 1.165) is 0 Å². The topological polar surface area (TPSA) is 96.4 Å². The first kappa shape index (κ1) is 18.3. The molecular formula is C17H16ClN3O4S. The van der Waals surface area contributed by atoms with Crippen molar-refractivity contribution in [3.8, 4) is 0 Å². The van der Waals surface area contributed by atoms with E-state index >= 15 is 0 Å². The number of aromatic nitrogens is 1. The zero-order valence-electron chi connectivity index (χ0n) is 14.1. The van der Waals surface area contributed by atoms with E-state index < -0.39 is 27.3 Å². The Morgan fingerprint density at radius 1 is 1.27 bits per heavy atom. The molecule has 1 saturated heterocycles. The van der Waals surface area contributed by atoms with Crippen LogP contribution in [0, 0.1) is 5.41 Å². The lowest BCUT2D eigenvalue weighted by atomic mass is 9.95. The molecule has 3 rings (SSSR count). The van der Waals surface area contributed by atoms with Crippen molar-refractivity contribution in [2.75, 3.05) is 15.4 Å². The van der Waals surface area contributed by atoms with E-state index in [-0.39, 0.29) is 22.0 Å². The van der Waals surface area contributed by atoms with E-state index in [9.17, 15) is 18.0 Å². The van der Waals surface area contributed by atoms with Crippen LogP contribution in [-0.4, -0.2) is 31.0 Å². The minimum Gasteiger partial charge on any atom is -0.307 e. The van der Waals surface area contributed by atoms with Crippen molar-refractivity contribution in [2.24, 2.45) is 5.41 Å². The van der Waals surface area contributed by atoms with E-state index in [1.807, 2.05) is 0 Å². The lowest BCUT2D eigenvalue weighted by molar-refractivity contribution is -0.123. The van der Waals surface area contributed by atoms with Crippen LogP contribution in [0.1, 0.15) is 24.2 Å². The van der Waals surface area contributed by atoms with Crippen LogP contribution in [0.3, 0.4) is 0 Å². The molecule has 1 aliphatic heterocycles. The van der Waals surface area contributed by atoms with Gasteiger partial charge in [-0.2, -0.15) is 0 Å². The average Bonchev–Trinajstić information content (AvgIpc) is 2.72. The van der Waals surface area contributed by atoms with Gasteiger partial charge in [0.1, 0.15) is 5.82 Å². The molecule has 1 aliphatic rings. The molecule has 136 valence electrons. The molecule has 0 unspecified atom stereocenters. The quantitative estimate of drug-likeness (QED) is 0.864. The predicted molar refractivity (Wildman–Crippen MR) is 98.7 cm³/mol. The number of rotatable bonds is 3. The summed E-state index contributed by atoms with van der Waals surface area (Å²) < 4.78 is 25.6. The minimum atomic E-state index is -3.87. The number of pyridine rings is 1. The molecule has 2 aromatic rings. The van der Waals surface area contributed by atoms with Gasteiger partial charge in [-0.25, -0.2) is 17.7 Å². The smallest absolute Gasteiger partial charge is 0.256 e. The number of carbonyl (C=O) groups excluding carboxylic acids is 2. The van der Waals surface area contributed by atoms with Gasteiger partial charge in [-0.3, -0.25) is 9.59 Å². The Bertz CT molecular complexity index is 990. The second kappa shape index (κ2) is 6.37. The van der Waals surface area contributed by atoms with Crippen LogP contribution in [0.5, 0.6) is 0 Å². The highest BCUT2D eigenvalue weighted by Gasteiger charge is 2.50. The maximum absolute atomic E-state index is 12.5. The number of amides is 2. The third-order valence-corrected chi connectivity index (χ3v) is 6.24. The van der Waals surface area contributed by atoms with Crippen LogP contribution >= 0.6 is 11.6 Å². The van der Waals surface area contributed by atoms with Crippen LogP contribution in [0.25, 0.3) is 0 Å². The Morgan fingerprint density at radius 3 is 2.58 bits per heavy atom. The average molecular weight is 394 g/mol. The Balaban J connectivity index is 1.99. The lowest BCUT2D eigenvalue weighted by Crippen LogP contribution is -2.33. The van der Waals surface area contributed by atoms with Crippen molar-refractivity contribution < 1.29 is 18.0 Å². The van der Waals surface area contributed by atoms with Crippen LogP contribution in [0.15, 0.2) is 42.6 Å². The lowest BCUT2D eigenvalue weighted by Gasteiger charge is -2.19. The Morgan fingerprint density at radius 2 is 2.00 bits per heavy atom. The van der Waals surface area contributed by atoms with Crippen LogP contribution in [-0.2, 0) is 14.8 Å². The Kier molecular flexibility index (Phi) is 4.49. The Hall–Kier alpha value is -2.45. The number of nitrogens with one attached hydrogen (secondary N) is 1. The molecule has 0 radical (unpaired) electrons. The predicted octanol–water partition coefficient (Wildman–Crippen LogP) is 2.69. The molecular weight excluding hydrogens is 378 g/mol. The molecule has 0 bridgehead atoms. The normalized spacial score (nSPS) is 18.0. The van der Waals surface area contributed by atoms with Crippen molar-refractivity contribution in [3.63, 3.8) is 0 Å². The molecule has 0 spiro atoms. The molecule has 26 heavy (non-hydrogen) atoms. The molecule has 0 saturated carbocycles. The first-order valence-corrected chi connectivity index (χ1v) is 9.70. The first-order valence-electron chi connectivity index (χ1n) is 7.71. The molecule has 7 nitrogen and oxygen atoms in total. The largest absolute Gasteiger partial charge is 0.307 e. The van der Waals surface area contributed by atoms with Crippen molar-refractivity contribution in [3.05, 3.63) is 53.2 Å². The zero-order valence-corrected chi connectivity index (χ0v) is 15.6. The number of carbonyl (C=O) groups is 2. The number of sulfonamides is 1. The molecule has 1 aromatic heterocycles. The van der Waals surface area contributed by atoms with Crippen molar-refractivity contribution >= 4 is 44.9 Å². The summed E-state index contributed by atoms with van der Waals surface area (Å²) in [6.07, 6.45) is 1.53. The number of hydrogen-bond donors (Lipinski definition) is 1. The fourth-order valence-corrected chi connectivity index (χ4v) is 5.04. The van der Waals surface area contributed by atoms with E-state index in [2.05, 4.69) is 10.3 Å². The highest BCUT2D eigenvalue weighted by atomic mass is 35.5. The molecule has 1 fully saturated rings. The van der Waals surface area contributed by atoms with Crippen LogP contribution < -0.4 is 9.62 Å². The maximum atomic E-state index is 12.5. The SMILES string of the molecule is CC1(C)CS(=O)(=O)N(c2cc(C(=O)Nc3ccccn3)ccc2Cl)C1=O. The van der Waals surface area contributed by atoms with Gasteiger partial charge in [0, 0.05) is 11.8 Å². The molecule has 0 aliphatic carbocycles. The van der Waals surface area contributed by atoms with Crippen molar-refractivity contribution in [1.29, 1.82) is 0 Å². The van der Waals surface area contributed by atoms with Gasteiger partial charge < -0.3 is 5.32 Å². The summed E-state index contributed by atoms with van der Waals surface area (Å²) in [5.74, 6) is -1.05. The number of halogens is 1. The highest BCUT2D eigenvalue weighted by Crippen LogP contribution is 2.39. The Labute approximate surface area is 156 Å². The second-order valence-corrected chi connectivity index (χ2v) is 8.77. The van der Waals surface area contributed by atoms with Gasteiger partial charge in [-0.15, -0.1) is 0 Å². The summed E-state index contributed by atoms with van der Waals surface area (Å²) >= 11 is 6.12. The van der Waals surface area contributed by atoms with Crippen molar-refractivity contribution in [1.82, 2.24) is 4.98 Å². The van der Waals surface area contributed by atoms with Gasteiger partial charge in [0.25, 0.3) is 5.91 Å². The minimum absolute atomic E-state index is 0.0316. The third-order valence-electron chi connectivity index (χ3n) is 3.92. The standard InChI is InChI=1S/C17H16ClN3O4S/c1-17(2)10-26(24,25)21(16(17)23)13-9-11(6-7-12(13)18)15(22)20-14-5-3-4-8-19-14/h3-9H,10H2,1-2H3,(H,19,20,22). The van der Waals surface area contributed by atoms with Gasteiger partial charge in [0.15, 0.2) is 0 Å². The van der Waals surface area contributed by atoms with Gasteiger partial charge in [-0.1, -0.05) is 17.7 Å². The summed E-state index contributed by atoms with van der Waals surface area (Å²) in [4.78, 5) is 29.0. The van der Waals surface area contributed by atoms with Gasteiger partial charge >= 0.3 is 0 Å². The van der Waals surface area contributed by atoms with Gasteiger partial charge in [0.05, 0.1) is 21.9 Å².